The molecule has 0 aliphatic carbocycles. The summed E-state index contributed by atoms with van der Waals surface area (Å²) in [5, 5.41) is 2.88. The highest BCUT2D eigenvalue weighted by Gasteiger charge is 2.11. The van der Waals surface area contributed by atoms with Crippen LogP contribution in [-0.4, -0.2) is 13.2 Å². The van der Waals surface area contributed by atoms with Crippen LogP contribution in [0.25, 0.3) is 0 Å². The minimum atomic E-state index is -0.884. The van der Waals surface area contributed by atoms with Gasteiger partial charge in [-0.2, -0.15) is 0 Å². The van der Waals surface area contributed by atoms with Gasteiger partial charge in [0.1, 0.15) is 5.75 Å². The van der Waals surface area contributed by atoms with Gasteiger partial charge in [-0.15, -0.1) is 0 Å². The highest BCUT2D eigenvalue weighted by Crippen LogP contribution is 2.23. The lowest BCUT2D eigenvalue weighted by atomic mass is 10.2. The Labute approximate surface area is 88.3 Å². The van der Waals surface area contributed by atoms with Crippen molar-refractivity contribution in [1.29, 1.82) is 0 Å². The Kier molecular flexibility index (Phi) is 4.03. The first-order valence-electron chi connectivity index (χ1n) is 4.83. The fourth-order valence-electron chi connectivity index (χ4n) is 1.26. The van der Waals surface area contributed by atoms with Gasteiger partial charge in [-0.25, -0.2) is 8.78 Å². The van der Waals surface area contributed by atoms with E-state index in [0.717, 1.165) is 12.1 Å². The zero-order valence-corrected chi connectivity index (χ0v) is 9.10. The van der Waals surface area contributed by atoms with Gasteiger partial charge in [-0.3, -0.25) is 0 Å². The van der Waals surface area contributed by atoms with E-state index in [0.29, 0.717) is 17.9 Å². The van der Waals surface area contributed by atoms with Gasteiger partial charge in [0.2, 0.25) is 0 Å². The summed E-state index contributed by atoms with van der Waals surface area (Å²) in [6.07, 6.45) is -0.0644. The second-order valence-electron chi connectivity index (χ2n) is 3.57. The first-order valence-corrected chi connectivity index (χ1v) is 4.83. The minimum absolute atomic E-state index is 0.0644. The largest absolute Gasteiger partial charge is 0.491 e. The van der Waals surface area contributed by atoms with Crippen molar-refractivity contribution in [3.8, 4) is 5.75 Å². The van der Waals surface area contributed by atoms with Crippen LogP contribution in [0.2, 0.25) is 0 Å². The van der Waals surface area contributed by atoms with Gasteiger partial charge in [0.25, 0.3) is 0 Å². The molecule has 0 aromatic heterocycles. The summed E-state index contributed by atoms with van der Waals surface area (Å²) in [7, 11) is 1.74. The Bertz CT molecular complexity index is 340. The molecule has 0 aliphatic rings. The van der Waals surface area contributed by atoms with E-state index in [1.807, 2.05) is 13.8 Å². The van der Waals surface area contributed by atoms with Gasteiger partial charge in [0, 0.05) is 18.2 Å². The lowest BCUT2D eigenvalue weighted by molar-refractivity contribution is 0.237. The van der Waals surface area contributed by atoms with Crippen molar-refractivity contribution in [2.75, 3.05) is 7.05 Å². The second-order valence-corrected chi connectivity index (χ2v) is 3.57. The maximum atomic E-state index is 13.0. The maximum absolute atomic E-state index is 13.0. The summed E-state index contributed by atoms with van der Waals surface area (Å²) in [5.74, 6) is -1.35. The van der Waals surface area contributed by atoms with Crippen molar-refractivity contribution in [2.24, 2.45) is 0 Å². The number of ether oxygens (including phenoxy) is 1. The van der Waals surface area contributed by atoms with Crippen LogP contribution in [-0.2, 0) is 6.54 Å². The maximum Gasteiger partial charge on any atom is 0.162 e. The quantitative estimate of drug-likeness (QED) is 0.833. The van der Waals surface area contributed by atoms with E-state index in [4.69, 9.17) is 4.74 Å². The molecule has 1 aromatic rings. The van der Waals surface area contributed by atoms with Gasteiger partial charge in [0.05, 0.1) is 6.10 Å². The molecule has 15 heavy (non-hydrogen) atoms. The molecule has 0 atom stereocenters. The van der Waals surface area contributed by atoms with Gasteiger partial charge in [-0.1, -0.05) is 0 Å². The van der Waals surface area contributed by atoms with Crippen molar-refractivity contribution in [1.82, 2.24) is 5.32 Å². The van der Waals surface area contributed by atoms with Crippen molar-refractivity contribution >= 4 is 0 Å². The molecule has 0 radical (unpaired) electrons. The second kappa shape index (κ2) is 5.07. The summed E-state index contributed by atoms with van der Waals surface area (Å²) in [4.78, 5) is 0. The molecular formula is C11H15F2NO. The normalized spacial score (nSPS) is 10.8. The molecule has 0 spiro atoms. The Hall–Kier alpha value is -1.16. The molecule has 1 N–H and O–H groups in total. The summed E-state index contributed by atoms with van der Waals surface area (Å²) < 4.78 is 31.3. The Morgan fingerprint density at radius 3 is 2.40 bits per heavy atom. The monoisotopic (exact) mass is 215 g/mol. The van der Waals surface area contributed by atoms with Crippen LogP contribution in [0.1, 0.15) is 19.4 Å². The smallest absolute Gasteiger partial charge is 0.162 e. The van der Waals surface area contributed by atoms with Crippen LogP contribution in [0, 0.1) is 11.6 Å². The van der Waals surface area contributed by atoms with Crippen molar-refractivity contribution in [3.63, 3.8) is 0 Å². The van der Waals surface area contributed by atoms with Gasteiger partial charge >= 0.3 is 0 Å². The Morgan fingerprint density at radius 2 is 1.87 bits per heavy atom. The molecular weight excluding hydrogens is 200 g/mol. The average molecular weight is 215 g/mol. The van der Waals surface area contributed by atoms with E-state index >= 15 is 0 Å². The summed E-state index contributed by atoms with van der Waals surface area (Å²) in [5.41, 5.74) is 0.616. The first kappa shape index (κ1) is 11.9. The molecule has 0 heterocycles. The number of halogens is 2. The van der Waals surface area contributed by atoms with E-state index in [2.05, 4.69) is 5.32 Å². The van der Waals surface area contributed by atoms with E-state index < -0.39 is 11.6 Å². The first-order chi connectivity index (χ1) is 7.04. The molecule has 0 amide bonds. The lowest BCUT2D eigenvalue weighted by Crippen LogP contribution is -2.12. The molecule has 84 valence electrons. The number of hydrogen-bond donors (Lipinski definition) is 1. The number of nitrogens with one attached hydrogen (secondary N) is 1. The highest BCUT2D eigenvalue weighted by atomic mass is 19.2. The molecule has 1 aromatic carbocycles. The zero-order valence-electron chi connectivity index (χ0n) is 9.10. The van der Waals surface area contributed by atoms with Crippen LogP contribution in [0.3, 0.4) is 0 Å². The fraction of sp³-hybridized carbons (Fsp3) is 0.455. The average Bonchev–Trinajstić information content (AvgIpc) is 2.13. The minimum Gasteiger partial charge on any atom is -0.491 e. The molecule has 1 rings (SSSR count). The van der Waals surface area contributed by atoms with Crippen LogP contribution in [0.15, 0.2) is 12.1 Å². The van der Waals surface area contributed by atoms with Gasteiger partial charge < -0.3 is 10.1 Å². The summed E-state index contributed by atoms with van der Waals surface area (Å²) in [6, 6.07) is 2.24. The number of rotatable bonds is 4. The fourth-order valence-corrected chi connectivity index (χ4v) is 1.26. The number of hydrogen-bond acceptors (Lipinski definition) is 2. The van der Waals surface area contributed by atoms with Crippen molar-refractivity contribution in [2.45, 2.75) is 26.5 Å². The lowest BCUT2D eigenvalue weighted by Gasteiger charge is -2.14. The third-order valence-electron chi connectivity index (χ3n) is 1.83. The molecule has 0 aliphatic heterocycles. The van der Waals surface area contributed by atoms with E-state index in [9.17, 15) is 8.78 Å². The number of benzene rings is 1. The predicted octanol–water partition coefficient (Wildman–Crippen LogP) is 2.47. The molecule has 4 heteroatoms. The molecule has 0 saturated heterocycles. The van der Waals surface area contributed by atoms with E-state index in [1.165, 1.54) is 0 Å². The Balaban J connectivity index is 3.04. The van der Waals surface area contributed by atoms with Crippen LogP contribution in [0.5, 0.6) is 5.75 Å². The van der Waals surface area contributed by atoms with Crippen LogP contribution >= 0.6 is 0 Å². The summed E-state index contributed by atoms with van der Waals surface area (Å²) >= 11 is 0. The molecule has 0 fully saturated rings. The molecule has 2 nitrogen and oxygen atoms in total. The van der Waals surface area contributed by atoms with Crippen molar-refractivity contribution in [3.05, 3.63) is 29.3 Å². The van der Waals surface area contributed by atoms with E-state index in [1.54, 1.807) is 7.05 Å². The summed E-state index contributed by atoms with van der Waals surface area (Å²) in [6.45, 7) is 4.12. The van der Waals surface area contributed by atoms with Crippen LogP contribution in [0.4, 0.5) is 8.78 Å². The SMILES string of the molecule is CNCc1cc(F)c(F)cc1OC(C)C. The molecule has 0 bridgehead atoms. The molecule has 0 unspecified atom stereocenters. The molecule has 0 saturated carbocycles. The highest BCUT2D eigenvalue weighted by molar-refractivity contribution is 5.34. The van der Waals surface area contributed by atoms with E-state index in [-0.39, 0.29) is 6.10 Å². The third kappa shape index (κ3) is 3.16. The predicted molar refractivity (Wildman–Crippen MR) is 54.9 cm³/mol. The Morgan fingerprint density at radius 1 is 1.27 bits per heavy atom. The standard InChI is InChI=1S/C11H15F2NO/c1-7(2)15-11-5-10(13)9(12)4-8(11)6-14-3/h4-5,7,14H,6H2,1-3H3. The van der Waals surface area contributed by atoms with Gasteiger partial charge in [-0.05, 0) is 27.0 Å². The van der Waals surface area contributed by atoms with Crippen molar-refractivity contribution < 1.29 is 13.5 Å². The third-order valence-corrected chi connectivity index (χ3v) is 1.83. The van der Waals surface area contributed by atoms with Crippen LogP contribution < -0.4 is 10.1 Å². The zero-order chi connectivity index (χ0) is 11.4. The van der Waals surface area contributed by atoms with Gasteiger partial charge in [0.15, 0.2) is 11.6 Å². The topological polar surface area (TPSA) is 21.3 Å².